The number of hydrogen-bond donors (Lipinski definition) is 2. The number of amides is 2. The predicted octanol–water partition coefficient (Wildman–Crippen LogP) is 3.98. The number of furan rings is 1. The van der Waals surface area contributed by atoms with Gasteiger partial charge in [-0.3, -0.25) is 13.9 Å². The van der Waals surface area contributed by atoms with Crippen LogP contribution in [0, 0.1) is 0 Å². The van der Waals surface area contributed by atoms with Gasteiger partial charge in [-0.25, -0.2) is 13.8 Å². The van der Waals surface area contributed by atoms with Crippen LogP contribution in [0.25, 0.3) is 0 Å². The zero-order chi connectivity index (χ0) is 30.0. The fraction of sp³-hybridized carbons (Fsp3) is 0.138. The van der Waals surface area contributed by atoms with E-state index in [9.17, 15) is 18.0 Å². The summed E-state index contributed by atoms with van der Waals surface area (Å²) in [4.78, 5) is 24.7. The maximum atomic E-state index is 13.5. The zero-order valence-corrected chi connectivity index (χ0v) is 24.0. The fourth-order valence-electron chi connectivity index (χ4n) is 3.59. The molecule has 0 aliphatic carbocycles. The van der Waals surface area contributed by atoms with E-state index >= 15 is 0 Å². The van der Waals surface area contributed by atoms with Crippen LogP contribution in [0.1, 0.15) is 11.3 Å². The molecule has 0 fully saturated rings. The molecule has 13 heteroatoms. The van der Waals surface area contributed by atoms with Gasteiger partial charge in [0.05, 0.1) is 36.7 Å². The van der Waals surface area contributed by atoms with Crippen LogP contribution in [0.5, 0.6) is 11.5 Å². The Balaban J connectivity index is 1.34. The summed E-state index contributed by atoms with van der Waals surface area (Å²) in [6.07, 6.45) is 2.92. The first-order chi connectivity index (χ1) is 20.2. The first kappa shape index (κ1) is 30.2. The lowest BCUT2D eigenvalue weighted by Gasteiger charge is -2.23. The third-order valence-corrected chi connectivity index (χ3v) is 7.78. The topological polar surface area (TPSA) is 140 Å². The van der Waals surface area contributed by atoms with Crippen molar-refractivity contribution in [1.82, 2.24) is 10.7 Å². The van der Waals surface area contributed by atoms with Crippen molar-refractivity contribution in [3.05, 3.63) is 108 Å². The molecular weight excluding hydrogens is 584 g/mol. The van der Waals surface area contributed by atoms with Crippen LogP contribution in [-0.2, 0) is 26.2 Å². The van der Waals surface area contributed by atoms with E-state index < -0.39 is 22.5 Å². The number of hydrazone groups is 1. The summed E-state index contributed by atoms with van der Waals surface area (Å²) >= 11 is 5.98. The predicted molar refractivity (Wildman–Crippen MR) is 157 cm³/mol. The zero-order valence-electron chi connectivity index (χ0n) is 22.4. The van der Waals surface area contributed by atoms with E-state index in [2.05, 4.69) is 15.8 Å². The second-order valence-electron chi connectivity index (χ2n) is 8.67. The number of carbonyl (C=O) groups excluding carboxylic acids is 2. The Labute approximate surface area is 247 Å². The van der Waals surface area contributed by atoms with Gasteiger partial charge in [0.1, 0.15) is 23.8 Å². The average Bonchev–Trinajstić information content (AvgIpc) is 3.53. The molecule has 0 aliphatic heterocycles. The number of benzene rings is 3. The quantitative estimate of drug-likeness (QED) is 0.172. The molecule has 11 nitrogen and oxygen atoms in total. The summed E-state index contributed by atoms with van der Waals surface area (Å²) < 4.78 is 43.6. The molecular formula is C29H27ClN4O7S. The van der Waals surface area contributed by atoms with Gasteiger partial charge >= 0.3 is 0 Å². The van der Waals surface area contributed by atoms with Crippen LogP contribution in [-0.4, -0.2) is 46.7 Å². The minimum absolute atomic E-state index is 0.0214. The summed E-state index contributed by atoms with van der Waals surface area (Å²) in [5, 5.41) is 7.03. The van der Waals surface area contributed by atoms with E-state index in [4.69, 9.17) is 25.5 Å². The Bertz CT molecular complexity index is 1610. The molecule has 1 heterocycles. The molecule has 3 aromatic carbocycles. The molecule has 4 rings (SSSR count). The number of ether oxygens (including phenoxy) is 2. The van der Waals surface area contributed by atoms with E-state index in [1.165, 1.54) is 68.1 Å². The molecule has 0 radical (unpaired) electrons. The summed E-state index contributed by atoms with van der Waals surface area (Å²) in [5.74, 6) is 0.618. The van der Waals surface area contributed by atoms with E-state index in [-0.39, 0.29) is 29.6 Å². The highest BCUT2D eigenvalue weighted by Crippen LogP contribution is 2.26. The lowest BCUT2D eigenvalue weighted by Crippen LogP contribution is -2.39. The molecule has 0 spiro atoms. The van der Waals surface area contributed by atoms with Gasteiger partial charge in [-0.05, 0) is 90.5 Å². The van der Waals surface area contributed by atoms with Crippen molar-refractivity contribution in [2.75, 3.05) is 24.6 Å². The number of hydrogen-bond acceptors (Lipinski definition) is 8. The second-order valence-corrected chi connectivity index (χ2v) is 11.0. The number of methoxy groups -OCH3 is 1. The third-order valence-electron chi connectivity index (χ3n) is 5.74. The number of rotatable bonds is 13. The van der Waals surface area contributed by atoms with Gasteiger partial charge in [0.2, 0.25) is 0 Å². The number of carbonyl (C=O) groups is 2. The van der Waals surface area contributed by atoms with Crippen LogP contribution >= 0.6 is 11.6 Å². The Morgan fingerprint density at radius 1 is 0.952 bits per heavy atom. The van der Waals surface area contributed by atoms with Gasteiger partial charge in [0.25, 0.3) is 21.8 Å². The van der Waals surface area contributed by atoms with Crippen LogP contribution in [0.15, 0.2) is 106 Å². The molecule has 1 aromatic heterocycles. The largest absolute Gasteiger partial charge is 0.497 e. The van der Waals surface area contributed by atoms with Crippen molar-refractivity contribution >= 4 is 45.3 Å². The van der Waals surface area contributed by atoms with Crippen molar-refractivity contribution in [1.29, 1.82) is 0 Å². The molecule has 0 unspecified atom stereocenters. The molecule has 0 aliphatic rings. The lowest BCUT2D eigenvalue weighted by atomic mass is 10.2. The standard InChI is InChI=1S/C29H27ClN4O7S/c1-39-24-12-14-27(15-13-24)42(37,38)34(23-8-6-22(30)7-9-23)19-28(35)33-32-17-21-4-10-25(11-5-21)41-20-29(36)31-18-26-3-2-16-40-26/h2-17H,18-20H2,1H3,(H,31,36)(H,33,35)/b32-17+. The van der Waals surface area contributed by atoms with E-state index in [0.29, 0.717) is 27.8 Å². The SMILES string of the molecule is COc1ccc(S(=O)(=O)N(CC(=O)N/N=C/c2ccc(OCC(=O)NCc3ccco3)cc2)c2ccc(Cl)cc2)cc1. The van der Waals surface area contributed by atoms with Crippen molar-refractivity contribution in [3.8, 4) is 11.5 Å². The van der Waals surface area contributed by atoms with Crippen molar-refractivity contribution in [2.24, 2.45) is 5.10 Å². The highest BCUT2D eigenvalue weighted by atomic mass is 35.5. The number of sulfonamides is 1. The van der Waals surface area contributed by atoms with Gasteiger partial charge in [-0.2, -0.15) is 5.10 Å². The fourth-order valence-corrected chi connectivity index (χ4v) is 5.14. The van der Waals surface area contributed by atoms with Crippen LogP contribution in [0.3, 0.4) is 0 Å². The maximum Gasteiger partial charge on any atom is 0.264 e. The Kier molecular flexibility index (Phi) is 10.2. The van der Waals surface area contributed by atoms with E-state index in [1.807, 2.05) is 0 Å². The number of anilines is 1. The average molecular weight is 611 g/mol. The highest BCUT2D eigenvalue weighted by Gasteiger charge is 2.27. The Morgan fingerprint density at radius 3 is 2.29 bits per heavy atom. The molecule has 0 atom stereocenters. The van der Waals surface area contributed by atoms with Gasteiger partial charge in [-0.15, -0.1) is 0 Å². The van der Waals surface area contributed by atoms with Crippen molar-refractivity contribution in [3.63, 3.8) is 0 Å². The molecule has 2 amide bonds. The van der Waals surface area contributed by atoms with Crippen LogP contribution < -0.4 is 24.5 Å². The van der Waals surface area contributed by atoms with E-state index in [1.54, 1.807) is 36.4 Å². The van der Waals surface area contributed by atoms with Gasteiger partial charge in [-0.1, -0.05) is 11.6 Å². The molecule has 42 heavy (non-hydrogen) atoms. The number of nitrogens with zero attached hydrogens (tertiary/aromatic N) is 2. The Morgan fingerprint density at radius 2 is 1.64 bits per heavy atom. The molecule has 2 N–H and O–H groups in total. The second kappa shape index (κ2) is 14.2. The lowest BCUT2D eigenvalue weighted by molar-refractivity contribution is -0.123. The van der Waals surface area contributed by atoms with Crippen LogP contribution in [0.4, 0.5) is 5.69 Å². The molecule has 0 saturated carbocycles. The first-order valence-corrected chi connectivity index (χ1v) is 14.3. The van der Waals surface area contributed by atoms with Crippen LogP contribution in [0.2, 0.25) is 5.02 Å². The normalized spacial score (nSPS) is 11.2. The van der Waals surface area contributed by atoms with Crippen molar-refractivity contribution < 1.29 is 31.9 Å². The molecule has 0 bridgehead atoms. The Hall–Kier alpha value is -4.81. The summed E-state index contributed by atoms with van der Waals surface area (Å²) in [5.41, 5.74) is 3.23. The maximum absolute atomic E-state index is 13.5. The number of halogens is 1. The minimum atomic E-state index is -4.12. The van der Waals surface area contributed by atoms with E-state index in [0.717, 1.165) is 4.31 Å². The molecule has 0 saturated heterocycles. The highest BCUT2D eigenvalue weighted by molar-refractivity contribution is 7.92. The van der Waals surface area contributed by atoms with Gasteiger partial charge in [0.15, 0.2) is 6.61 Å². The number of nitrogens with one attached hydrogen (secondary N) is 2. The molecule has 218 valence electrons. The first-order valence-electron chi connectivity index (χ1n) is 12.5. The summed E-state index contributed by atoms with van der Waals surface area (Å²) in [7, 11) is -2.65. The monoisotopic (exact) mass is 610 g/mol. The minimum Gasteiger partial charge on any atom is -0.497 e. The summed E-state index contributed by atoms with van der Waals surface area (Å²) in [6, 6.07) is 22.0. The third kappa shape index (κ3) is 8.35. The van der Waals surface area contributed by atoms with Gasteiger partial charge in [0, 0.05) is 5.02 Å². The smallest absolute Gasteiger partial charge is 0.264 e. The van der Waals surface area contributed by atoms with Crippen molar-refractivity contribution in [2.45, 2.75) is 11.4 Å². The van der Waals surface area contributed by atoms with Gasteiger partial charge < -0.3 is 19.2 Å². The molecule has 4 aromatic rings. The summed E-state index contributed by atoms with van der Waals surface area (Å²) in [6.45, 7) is -0.447.